The van der Waals surface area contributed by atoms with Crippen LogP contribution in [0.4, 0.5) is 0 Å². The number of hydrogen-bond acceptors (Lipinski definition) is 5. The average Bonchev–Trinajstić information content (AvgIpc) is 2.85. The maximum atomic E-state index is 12.1. The Hall–Kier alpha value is -1.43. The highest BCUT2D eigenvalue weighted by Gasteiger charge is 2.21. The molecule has 6 nitrogen and oxygen atoms in total. The fraction of sp³-hybridized carbons (Fsp3) is 0.769. The molecule has 1 saturated heterocycles. The van der Waals surface area contributed by atoms with Gasteiger partial charge < -0.3 is 14.7 Å². The lowest BCUT2D eigenvalue weighted by atomic mass is 10.2. The van der Waals surface area contributed by atoms with Gasteiger partial charge in [-0.15, -0.1) is 0 Å². The fourth-order valence-corrected chi connectivity index (χ4v) is 2.13. The van der Waals surface area contributed by atoms with Crippen LogP contribution >= 0.6 is 0 Å². The third kappa shape index (κ3) is 3.76. The summed E-state index contributed by atoms with van der Waals surface area (Å²) in [5.41, 5.74) is 0. The molecular weight excluding hydrogens is 244 g/mol. The van der Waals surface area contributed by atoms with Gasteiger partial charge in [-0.1, -0.05) is 19.0 Å². The third-order valence-corrected chi connectivity index (χ3v) is 3.27. The molecule has 0 aliphatic carbocycles. The zero-order chi connectivity index (χ0) is 13.8. The Kier molecular flexibility index (Phi) is 4.52. The molecule has 0 radical (unpaired) electrons. The van der Waals surface area contributed by atoms with E-state index in [0.717, 1.165) is 19.6 Å². The van der Waals surface area contributed by atoms with Crippen molar-refractivity contribution in [2.45, 2.75) is 45.6 Å². The fourth-order valence-electron chi connectivity index (χ4n) is 2.13. The van der Waals surface area contributed by atoms with E-state index in [1.165, 1.54) is 0 Å². The van der Waals surface area contributed by atoms with Gasteiger partial charge in [-0.05, 0) is 6.92 Å². The molecule has 2 heterocycles. The number of aromatic nitrogens is 2. The lowest BCUT2D eigenvalue weighted by molar-refractivity contribution is -0.132. The van der Waals surface area contributed by atoms with E-state index in [2.05, 4.69) is 22.4 Å². The van der Waals surface area contributed by atoms with Crippen molar-refractivity contribution in [3.63, 3.8) is 0 Å². The van der Waals surface area contributed by atoms with Gasteiger partial charge in [-0.3, -0.25) is 4.79 Å². The zero-order valence-corrected chi connectivity index (χ0v) is 11.8. The van der Waals surface area contributed by atoms with Crippen LogP contribution in [0, 0.1) is 0 Å². The minimum Gasteiger partial charge on any atom is -0.340 e. The minimum absolute atomic E-state index is 0.164. The Labute approximate surface area is 113 Å². The summed E-state index contributed by atoms with van der Waals surface area (Å²) in [6, 6.07) is 0.369. The van der Waals surface area contributed by atoms with Crippen molar-refractivity contribution in [1.82, 2.24) is 20.4 Å². The first-order chi connectivity index (χ1) is 9.06. The number of carbonyl (C=O) groups is 1. The number of aryl methyl sites for hydroxylation is 1. The van der Waals surface area contributed by atoms with Gasteiger partial charge in [0.1, 0.15) is 0 Å². The lowest BCUT2D eigenvalue weighted by Crippen LogP contribution is -2.51. The maximum absolute atomic E-state index is 12.1. The second-order valence-corrected chi connectivity index (χ2v) is 5.40. The van der Waals surface area contributed by atoms with Crippen molar-refractivity contribution >= 4 is 5.91 Å². The third-order valence-electron chi connectivity index (χ3n) is 3.27. The van der Waals surface area contributed by atoms with Crippen molar-refractivity contribution in [2.24, 2.45) is 0 Å². The Morgan fingerprint density at radius 3 is 3.00 bits per heavy atom. The molecule has 1 aliphatic heterocycles. The largest absolute Gasteiger partial charge is 0.340 e. The molecule has 1 aromatic heterocycles. The van der Waals surface area contributed by atoms with Crippen LogP contribution in [0.1, 0.15) is 44.8 Å². The first-order valence-corrected chi connectivity index (χ1v) is 6.90. The number of rotatable bonds is 4. The van der Waals surface area contributed by atoms with Crippen LogP contribution in [-0.4, -0.2) is 46.6 Å². The van der Waals surface area contributed by atoms with E-state index in [1.54, 1.807) is 0 Å². The second-order valence-electron chi connectivity index (χ2n) is 5.40. The van der Waals surface area contributed by atoms with E-state index in [1.807, 2.05) is 18.7 Å². The quantitative estimate of drug-likeness (QED) is 0.878. The molecule has 1 unspecified atom stereocenters. The number of nitrogens with zero attached hydrogens (tertiary/aromatic N) is 3. The van der Waals surface area contributed by atoms with E-state index in [4.69, 9.17) is 4.52 Å². The molecule has 1 fully saturated rings. The van der Waals surface area contributed by atoms with Crippen LogP contribution in [0.5, 0.6) is 0 Å². The highest BCUT2D eigenvalue weighted by molar-refractivity contribution is 5.76. The number of hydrogen-bond donors (Lipinski definition) is 1. The topological polar surface area (TPSA) is 71.3 Å². The summed E-state index contributed by atoms with van der Waals surface area (Å²) < 4.78 is 5.14. The Morgan fingerprint density at radius 2 is 2.37 bits per heavy atom. The molecule has 6 heteroatoms. The van der Waals surface area contributed by atoms with Crippen molar-refractivity contribution in [3.8, 4) is 0 Å². The van der Waals surface area contributed by atoms with Crippen molar-refractivity contribution < 1.29 is 9.32 Å². The number of piperazine rings is 1. The predicted octanol–water partition coefficient (Wildman–Crippen LogP) is 0.946. The zero-order valence-electron chi connectivity index (χ0n) is 11.8. The van der Waals surface area contributed by atoms with Crippen LogP contribution in [0.3, 0.4) is 0 Å². The first kappa shape index (κ1) is 14.0. The van der Waals surface area contributed by atoms with Crippen LogP contribution in [0.15, 0.2) is 4.52 Å². The molecule has 0 spiro atoms. The molecule has 1 atom stereocenters. The summed E-state index contributed by atoms with van der Waals surface area (Å²) >= 11 is 0. The van der Waals surface area contributed by atoms with Crippen LogP contribution in [-0.2, 0) is 11.2 Å². The van der Waals surface area contributed by atoms with E-state index < -0.39 is 0 Å². The Balaban J connectivity index is 1.82. The summed E-state index contributed by atoms with van der Waals surface area (Å²) in [7, 11) is 0. The summed E-state index contributed by atoms with van der Waals surface area (Å²) in [4.78, 5) is 18.3. The molecule has 1 amide bonds. The molecule has 0 aromatic carbocycles. The molecule has 1 N–H and O–H groups in total. The van der Waals surface area contributed by atoms with Crippen molar-refractivity contribution in [3.05, 3.63) is 11.7 Å². The van der Waals surface area contributed by atoms with Gasteiger partial charge in [-0.25, -0.2) is 0 Å². The molecule has 0 saturated carbocycles. The van der Waals surface area contributed by atoms with Gasteiger partial charge in [0, 0.05) is 44.4 Å². The predicted molar refractivity (Wildman–Crippen MR) is 70.8 cm³/mol. The van der Waals surface area contributed by atoms with E-state index >= 15 is 0 Å². The highest BCUT2D eigenvalue weighted by Crippen LogP contribution is 2.11. The van der Waals surface area contributed by atoms with Gasteiger partial charge in [0.15, 0.2) is 5.82 Å². The first-order valence-electron chi connectivity index (χ1n) is 6.90. The smallest absolute Gasteiger partial charge is 0.227 e. The van der Waals surface area contributed by atoms with Gasteiger partial charge in [0.25, 0.3) is 0 Å². The van der Waals surface area contributed by atoms with Crippen LogP contribution < -0.4 is 5.32 Å². The van der Waals surface area contributed by atoms with E-state index in [9.17, 15) is 4.79 Å². The molecule has 1 aliphatic rings. The number of nitrogens with one attached hydrogen (secondary N) is 1. The lowest BCUT2D eigenvalue weighted by Gasteiger charge is -2.31. The van der Waals surface area contributed by atoms with Gasteiger partial charge in [-0.2, -0.15) is 4.98 Å². The standard InChI is InChI=1S/C13H22N4O2/c1-9(2)13-15-11(19-16-13)4-5-12(18)17-7-6-14-10(3)8-17/h9-10,14H,4-8H2,1-3H3. The normalized spacial score (nSPS) is 20.0. The van der Waals surface area contributed by atoms with Gasteiger partial charge in [0.2, 0.25) is 11.8 Å². The van der Waals surface area contributed by atoms with E-state index in [-0.39, 0.29) is 11.8 Å². The Morgan fingerprint density at radius 1 is 1.58 bits per heavy atom. The van der Waals surface area contributed by atoms with Crippen molar-refractivity contribution in [2.75, 3.05) is 19.6 Å². The molecule has 106 valence electrons. The number of amides is 1. The molecule has 2 rings (SSSR count). The number of carbonyl (C=O) groups excluding carboxylic acids is 1. The summed E-state index contributed by atoms with van der Waals surface area (Å²) in [5.74, 6) is 1.68. The molecule has 19 heavy (non-hydrogen) atoms. The SMILES string of the molecule is CC1CN(C(=O)CCc2nc(C(C)C)no2)CCN1. The molecule has 1 aromatic rings. The van der Waals surface area contributed by atoms with Crippen LogP contribution in [0.25, 0.3) is 0 Å². The average molecular weight is 266 g/mol. The summed E-state index contributed by atoms with van der Waals surface area (Å²) in [6.45, 7) is 8.55. The molecule has 0 bridgehead atoms. The highest BCUT2D eigenvalue weighted by atomic mass is 16.5. The maximum Gasteiger partial charge on any atom is 0.227 e. The molecular formula is C13H22N4O2. The van der Waals surface area contributed by atoms with E-state index in [0.29, 0.717) is 30.6 Å². The Bertz CT molecular complexity index is 430. The van der Waals surface area contributed by atoms with Gasteiger partial charge in [0.05, 0.1) is 0 Å². The van der Waals surface area contributed by atoms with Gasteiger partial charge >= 0.3 is 0 Å². The summed E-state index contributed by atoms with van der Waals surface area (Å²) in [5, 5.41) is 7.22. The van der Waals surface area contributed by atoms with Crippen molar-refractivity contribution in [1.29, 1.82) is 0 Å². The minimum atomic E-state index is 0.164. The second kappa shape index (κ2) is 6.14. The monoisotopic (exact) mass is 266 g/mol. The van der Waals surface area contributed by atoms with Crippen LogP contribution in [0.2, 0.25) is 0 Å². The summed E-state index contributed by atoms with van der Waals surface area (Å²) in [6.07, 6.45) is 0.962.